The number of hydrogen-bond acceptors (Lipinski definition) is 5. The molecule has 1 aliphatic carbocycles. The molecule has 0 bridgehead atoms. The van der Waals surface area contributed by atoms with Crippen molar-refractivity contribution in [2.75, 3.05) is 25.0 Å². The molecule has 2 fully saturated rings. The van der Waals surface area contributed by atoms with Crippen LogP contribution in [0.1, 0.15) is 56.9 Å². The van der Waals surface area contributed by atoms with E-state index in [1.807, 2.05) is 0 Å². The largest absolute Gasteiger partial charge is 0.384 e. The molecule has 1 saturated heterocycles. The van der Waals surface area contributed by atoms with E-state index >= 15 is 0 Å². The minimum absolute atomic E-state index is 0.228. The molecule has 2 aliphatic rings. The Morgan fingerprint density at radius 2 is 1.83 bits per heavy atom. The summed E-state index contributed by atoms with van der Waals surface area (Å²) in [5.41, 5.74) is 6.97. The van der Waals surface area contributed by atoms with E-state index in [1.54, 1.807) is 23.4 Å². The number of amides is 1. The third-order valence-electron chi connectivity index (χ3n) is 5.79. The van der Waals surface area contributed by atoms with E-state index in [0.29, 0.717) is 30.2 Å². The minimum Gasteiger partial charge on any atom is -0.384 e. The maximum absolute atomic E-state index is 13.1. The lowest BCUT2D eigenvalue weighted by atomic mass is 10.1. The van der Waals surface area contributed by atoms with E-state index in [1.165, 1.54) is 6.07 Å². The summed E-state index contributed by atoms with van der Waals surface area (Å²) in [5, 5.41) is 6.54. The summed E-state index contributed by atoms with van der Waals surface area (Å²) in [4.78, 5) is 17.5. The zero-order valence-electron chi connectivity index (χ0n) is 17.6. The lowest BCUT2D eigenvalue weighted by Gasteiger charge is -2.21. The quantitative estimate of drug-likeness (QED) is 0.387. The number of oxime groups is 1. The monoisotopic (exact) mass is 436 g/mol. The van der Waals surface area contributed by atoms with E-state index in [9.17, 15) is 13.2 Å². The molecule has 1 saturated carbocycles. The van der Waals surface area contributed by atoms with Gasteiger partial charge in [-0.15, -0.1) is 0 Å². The minimum atomic E-state index is -3.60. The number of benzene rings is 1. The van der Waals surface area contributed by atoms with E-state index in [-0.39, 0.29) is 17.4 Å². The molecule has 0 radical (unpaired) electrons. The van der Waals surface area contributed by atoms with Crippen LogP contribution in [0.3, 0.4) is 0 Å². The van der Waals surface area contributed by atoms with Gasteiger partial charge in [0.1, 0.15) is 5.84 Å². The molecule has 30 heavy (non-hydrogen) atoms. The van der Waals surface area contributed by atoms with Crippen molar-refractivity contribution in [3.63, 3.8) is 0 Å². The molecular weight excluding hydrogens is 404 g/mol. The second-order valence-electron chi connectivity index (χ2n) is 8.12. The predicted octanol–water partition coefficient (Wildman–Crippen LogP) is 2.98. The molecule has 166 valence electrons. The normalized spacial score (nSPS) is 19.4. The fourth-order valence-corrected chi connectivity index (χ4v) is 5.80. The highest BCUT2D eigenvalue weighted by molar-refractivity contribution is 7.89. The van der Waals surface area contributed by atoms with Gasteiger partial charge in [0.2, 0.25) is 10.0 Å². The molecule has 8 nitrogen and oxygen atoms in total. The third kappa shape index (κ3) is 5.72. The smallest absolute Gasteiger partial charge is 0.265 e. The average Bonchev–Trinajstić information content (AvgIpc) is 3.11. The lowest BCUT2D eigenvalue weighted by Crippen LogP contribution is -2.32. The van der Waals surface area contributed by atoms with Crippen LogP contribution in [0.25, 0.3) is 0 Å². The second-order valence-corrected chi connectivity index (χ2v) is 10.0. The Bertz CT molecular complexity index is 871. The molecular formula is C21H32N4O4S. The predicted molar refractivity (Wildman–Crippen MR) is 117 cm³/mol. The van der Waals surface area contributed by atoms with Crippen LogP contribution in [0.15, 0.2) is 28.3 Å². The van der Waals surface area contributed by atoms with Crippen LogP contribution in [0.5, 0.6) is 0 Å². The number of nitrogens with zero attached hydrogens (tertiary/aromatic N) is 2. The van der Waals surface area contributed by atoms with Crippen LogP contribution < -0.4 is 11.1 Å². The Morgan fingerprint density at radius 1 is 1.17 bits per heavy atom. The molecule has 3 rings (SSSR count). The van der Waals surface area contributed by atoms with Crippen LogP contribution in [-0.4, -0.2) is 44.2 Å². The molecule has 1 amide bonds. The second kappa shape index (κ2) is 10.3. The Hall–Kier alpha value is -2.13. The zero-order valence-corrected chi connectivity index (χ0v) is 18.4. The molecule has 1 aliphatic heterocycles. The van der Waals surface area contributed by atoms with Crippen molar-refractivity contribution in [1.29, 1.82) is 0 Å². The van der Waals surface area contributed by atoms with Gasteiger partial charge in [-0.1, -0.05) is 36.9 Å². The van der Waals surface area contributed by atoms with E-state index < -0.39 is 15.9 Å². The Kier molecular flexibility index (Phi) is 7.71. The SMILES string of the molecule is Cc1ccc(NC(=O)CO/N=C(/N)C2CCCC2)cc1S(=O)(=O)N1CCCCCC1. The van der Waals surface area contributed by atoms with Crippen LogP contribution in [0.4, 0.5) is 5.69 Å². The molecule has 1 aromatic rings. The number of carbonyl (C=O) groups is 1. The van der Waals surface area contributed by atoms with Gasteiger partial charge in [-0.25, -0.2) is 8.42 Å². The standard InChI is InChI=1S/C21H32N4O4S/c1-16-10-11-18(14-19(16)30(27,28)25-12-6-2-3-7-13-25)23-20(26)15-29-24-21(22)17-8-4-5-9-17/h10-11,14,17H,2-9,12-13,15H2,1H3,(H2,22,24)(H,23,26). The van der Waals surface area contributed by atoms with Gasteiger partial charge in [-0.2, -0.15) is 4.31 Å². The topological polar surface area (TPSA) is 114 Å². The highest BCUT2D eigenvalue weighted by Gasteiger charge is 2.27. The summed E-state index contributed by atoms with van der Waals surface area (Å²) in [7, 11) is -3.60. The van der Waals surface area contributed by atoms with Gasteiger partial charge in [0, 0.05) is 24.7 Å². The van der Waals surface area contributed by atoms with Crippen molar-refractivity contribution in [2.24, 2.45) is 16.8 Å². The van der Waals surface area contributed by atoms with Gasteiger partial charge in [0.25, 0.3) is 5.91 Å². The average molecular weight is 437 g/mol. The maximum atomic E-state index is 13.1. The van der Waals surface area contributed by atoms with Crippen LogP contribution >= 0.6 is 0 Å². The third-order valence-corrected chi connectivity index (χ3v) is 7.83. The highest BCUT2D eigenvalue weighted by atomic mass is 32.2. The molecule has 0 unspecified atom stereocenters. The lowest BCUT2D eigenvalue weighted by molar-refractivity contribution is -0.120. The fourth-order valence-electron chi connectivity index (χ4n) is 4.04. The Labute approximate surface area is 178 Å². The van der Waals surface area contributed by atoms with Crippen LogP contribution in [0, 0.1) is 12.8 Å². The highest BCUT2D eigenvalue weighted by Crippen LogP contribution is 2.26. The van der Waals surface area contributed by atoms with Crippen molar-refractivity contribution >= 4 is 27.5 Å². The number of anilines is 1. The Morgan fingerprint density at radius 3 is 2.50 bits per heavy atom. The number of hydrogen-bond donors (Lipinski definition) is 2. The first-order valence-corrected chi connectivity index (χ1v) is 12.2. The van der Waals surface area contributed by atoms with Crippen molar-refractivity contribution in [3.8, 4) is 0 Å². The number of amidine groups is 1. The number of nitrogens with one attached hydrogen (secondary N) is 1. The summed E-state index contributed by atoms with van der Waals surface area (Å²) in [6.07, 6.45) is 8.12. The molecule has 0 spiro atoms. The van der Waals surface area contributed by atoms with Crippen LogP contribution in [0.2, 0.25) is 0 Å². The first-order valence-electron chi connectivity index (χ1n) is 10.7. The zero-order chi connectivity index (χ0) is 21.6. The molecule has 3 N–H and O–H groups in total. The van der Waals surface area contributed by atoms with Crippen molar-refractivity contribution in [3.05, 3.63) is 23.8 Å². The summed E-state index contributed by atoms with van der Waals surface area (Å²) in [5.74, 6) is 0.248. The van der Waals surface area contributed by atoms with Gasteiger partial charge >= 0.3 is 0 Å². The molecule has 1 aromatic carbocycles. The first-order chi connectivity index (χ1) is 14.4. The maximum Gasteiger partial charge on any atom is 0.265 e. The van der Waals surface area contributed by atoms with E-state index in [4.69, 9.17) is 10.6 Å². The number of nitrogens with two attached hydrogens (primary N) is 1. The summed E-state index contributed by atoms with van der Waals surface area (Å²) in [6, 6.07) is 4.91. The number of rotatable bonds is 7. The van der Waals surface area contributed by atoms with Gasteiger partial charge < -0.3 is 15.9 Å². The van der Waals surface area contributed by atoms with Crippen LogP contribution in [-0.2, 0) is 19.7 Å². The fraction of sp³-hybridized carbons (Fsp3) is 0.619. The van der Waals surface area contributed by atoms with Crippen molar-refractivity contribution in [2.45, 2.75) is 63.2 Å². The molecule has 9 heteroatoms. The summed E-state index contributed by atoms with van der Waals surface area (Å²) in [6.45, 7) is 2.55. The molecule has 0 aromatic heterocycles. The van der Waals surface area contributed by atoms with Crippen molar-refractivity contribution in [1.82, 2.24) is 4.31 Å². The van der Waals surface area contributed by atoms with Gasteiger partial charge in [0.15, 0.2) is 6.61 Å². The summed E-state index contributed by atoms with van der Waals surface area (Å²) >= 11 is 0. The van der Waals surface area contributed by atoms with Gasteiger partial charge in [-0.05, 0) is 50.3 Å². The summed E-state index contributed by atoms with van der Waals surface area (Å²) < 4.78 is 27.8. The first kappa shape index (κ1) is 22.6. The number of aryl methyl sites for hydroxylation is 1. The number of carbonyl (C=O) groups excluding carboxylic acids is 1. The molecule has 1 heterocycles. The molecule has 0 atom stereocenters. The van der Waals surface area contributed by atoms with Crippen molar-refractivity contribution < 1.29 is 18.0 Å². The van der Waals surface area contributed by atoms with E-state index in [0.717, 1.165) is 51.4 Å². The number of sulfonamides is 1. The Balaban J connectivity index is 1.62. The van der Waals surface area contributed by atoms with Gasteiger partial charge in [0.05, 0.1) is 4.90 Å². The van der Waals surface area contributed by atoms with Gasteiger partial charge in [-0.3, -0.25) is 4.79 Å². The van der Waals surface area contributed by atoms with E-state index in [2.05, 4.69) is 10.5 Å².